The molecule has 1 fully saturated rings. The quantitative estimate of drug-likeness (QED) is 0.584. The monoisotopic (exact) mass is 365 g/mol. The number of carbonyl (C=O) groups excluding carboxylic acids is 1. The third-order valence-electron chi connectivity index (χ3n) is 5.19. The number of nitrogens with zero attached hydrogens (tertiary/aromatic N) is 1. The van der Waals surface area contributed by atoms with Crippen molar-refractivity contribution in [3.8, 4) is 0 Å². The van der Waals surface area contributed by atoms with Gasteiger partial charge in [0.1, 0.15) is 4.87 Å². The Hall–Kier alpha value is -1.97. The lowest BCUT2D eigenvalue weighted by atomic mass is 9.92. The standard InChI is InChI=1S/C21H16ClNOS/c22-15-9-10-17-19(13-15)21(23(20(17)24)11-4-12-25-21)18-8-3-6-14-5-1-2-7-16(14)18/h1-3,5-10,13H,4,11-12H2. The van der Waals surface area contributed by atoms with E-state index in [0.717, 1.165) is 29.8 Å². The van der Waals surface area contributed by atoms with Crippen molar-refractivity contribution < 1.29 is 4.79 Å². The lowest BCUT2D eigenvalue weighted by Gasteiger charge is -2.43. The second-order valence-electron chi connectivity index (χ2n) is 6.52. The van der Waals surface area contributed by atoms with E-state index in [9.17, 15) is 4.79 Å². The van der Waals surface area contributed by atoms with E-state index in [2.05, 4.69) is 42.5 Å². The second kappa shape index (κ2) is 5.52. The fraction of sp³-hybridized carbons (Fsp3) is 0.190. The fourth-order valence-corrected chi connectivity index (χ4v) is 5.89. The molecule has 25 heavy (non-hydrogen) atoms. The van der Waals surface area contributed by atoms with Gasteiger partial charge >= 0.3 is 0 Å². The molecule has 2 nitrogen and oxygen atoms in total. The first-order chi connectivity index (χ1) is 12.2. The van der Waals surface area contributed by atoms with E-state index in [1.165, 1.54) is 16.3 Å². The van der Waals surface area contributed by atoms with Crippen LogP contribution in [-0.4, -0.2) is 23.1 Å². The molecule has 0 saturated carbocycles. The highest BCUT2D eigenvalue weighted by Crippen LogP contribution is 2.55. The average Bonchev–Trinajstić information content (AvgIpc) is 2.91. The van der Waals surface area contributed by atoms with Crippen LogP contribution in [0.5, 0.6) is 0 Å². The molecule has 0 N–H and O–H groups in total. The summed E-state index contributed by atoms with van der Waals surface area (Å²) in [4.78, 5) is 14.7. The van der Waals surface area contributed by atoms with Crippen LogP contribution in [0.25, 0.3) is 10.8 Å². The molecule has 3 aromatic carbocycles. The van der Waals surface area contributed by atoms with Gasteiger partial charge in [0.2, 0.25) is 0 Å². The van der Waals surface area contributed by atoms with Crippen molar-refractivity contribution in [2.75, 3.05) is 12.3 Å². The Bertz CT molecular complexity index is 1010. The van der Waals surface area contributed by atoms with Crippen molar-refractivity contribution in [2.24, 2.45) is 0 Å². The number of thioether (sulfide) groups is 1. The molecule has 4 heteroatoms. The number of carbonyl (C=O) groups is 1. The Morgan fingerprint density at radius 1 is 1.00 bits per heavy atom. The summed E-state index contributed by atoms with van der Waals surface area (Å²) in [5, 5.41) is 3.08. The molecular weight excluding hydrogens is 350 g/mol. The molecule has 0 aromatic heterocycles. The zero-order valence-corrected chi connectivity index (χ0v) is 15.1. The zero-order valence-electron chi connectivity index (χ0n) is 13.5. The molecule has 124 valence electrons. The number of amides is 1. The normalized spacial score (nSPS) is 22.1. The minimum atomic E-state index is -0.476. The number of fused-ring (bicyclic) bond motifs is 4. The molecule has 1 unspecified atom stereocenters. The van der Waals surface area contributed by atoms with Gasteiger partial charge in [-0.15, -0.1) is 11.8 Å². The van der Waals surface area contributed by atoms with Crippen LogP contribution < -0.4 is 0 Å². The van der Waals surface area contributed by atoms with Crippen LogP contribution in [0.1, 0.15) is 27.9 Å². The zero-order chi connectivity index (χ0) is 17.0. The maximum atomic E-state index is 13.1. The third-order valence-corrected chi connectivity index (χ3v) is 7.00. The summed E-state index contributed by atoms with van der Waals surface area (Å²) in [6.45, 7) is 0.779. The van der Waals surface area contributed by atoms with Crippen LogP contribution >= 0.6 is 23.4 Å². The lowest BCUT2D eigenvalue weighted by Crippen LogP contribution is -2.46. The molecular formula is C21H16ClNOS. The van der Waals surface area contributed by atoms with Crippen LogP contribution in [0.15, 0.2) is 60.7 Å². The van der Waals surface area contributed by atoms with Gasteiger partial charge in [-0.3, -0.25) is 4.79 Å². The smallest absolute Gasteiger partial charge is 0.255 e. The van der Waals surface area contributed by atoms with Gasteiger partial charge in [0.15, 0.2) is 0 Å². The van der Waals surface area contributed by atoms with Gasteiger partial charge in [0.05, 0.1) is 0 Å². The second-order valence-corrected chi connectivity index (χ2v) is 8.24. The van der Waals surface area contributed by atoms with Crippen LogP contribution in [0.3, 0.4) is 0 Å². The predicted octanol–water partition coefficient (Wildman–Crippen LogP) is 5.29. The molecule has 2 aliphatic heterocycles. The van der Waals surface area contributed by atoms with Gasteiger partial charge in [-0.2, -0.15) is 0 Å². The number of benzene rings is 3. The van der Waals surface area contributed by atoms with Gasteiger partial charge in [0, 0.05) is 28.3 Å². The lowest BCUT2D eigenvalue weighted by molar-refractivity contribution is 0.0718. The average molecular weight is 366 g/mol. The molecule has 0 bridgehead atoms. The van der Waals surface area contributed by atoms with Gasteiger partial charge in [-0.25, -0.2) is 0 Å². The molecule has 1 saturated heterocycles. The Kier molecular flexibility index (Phi) is 3.37. The first kappa shape index (κ1) is 15.3. The highest BCUT2D eigenvalue weighted by atomic mass is 35.5. The molecule has 3 aromatic rings. The summed E-state index contributed by atoms with van der Waals surface area (Å²) < 4.78 is 0. The van der Waals surface area contributed by atoms with Gasteiger partial charge in [-0.1, -0.05) is 54.1 Å². The summed E-state index contributed by atoms with van der Waals surface area (Å²) in [5.41, 5.74) is 3.00. The van der Waals surface area contributed by atoms with Crippen molar-refractivity contribution in [3.05, 3.63) is 82.4 Å². The Morgan fingerprint density at radius 2 is 1.84 bits per heavy atom. The predicted molar refractivity (Wildman–Crippen MR) is 104 cm³/mol. The van der Waals surface area contributed by atoms with Gasteiger partial charge in [-0.05, 0) is 41.1 Å². The Labute approximate surface area is 155 Å². The van der Waals surface area contributed by atoms with Crippen molar-refractivity contribution in [3.63, 3.8) is 0 Å². The van der Waals surface area contributed by atoms with Crippen LogP contribution in [0, 0.1) is 0 Å². The van der Waals surface area contributed by atoms with Crippen molar-refractivity contribution >= 4 is 40.0 Å². The molecule has 5 rings (SSSR count). The molecule has 1 atom stereocenters. The molecule has 0 radical (unpaired) electrons. The number of rotatable bonds is 1. The third kappa shape index (κ3) is 2.03. The van der Waals surface area contributed by atoms with Crippen molar-refractivity contribution in [1.29, 1.82) is 0 Å². The van der Waals surface area contributed by atoms with E-state index in [0.29, 0.717) is 5.02 Å². The van der Waals surface area contributed by atoms with Gasteiger partial charge in [0.25, 0.3) is 5.91 Å². The summed E-state index contributed by atoms with van der Waals surface area (Å²) in [7, 11) is 0. The molecule has 2 aliphatic rings. The summed E-state index contributed by atoms with van der Waals surface area (Å²) >= 11 is 8.18. The largest absolute Gasteiger partial charge is 0.316 e. The highest BCUT2D eigenvalue weighted by molar-refractivity contribution is 8.00. The maximum Gasteiger partial charge on any atom is 0.255 e. The van der Waals surface area contributed by atoms with E-state index in [4.69, 9.17) is 11.6 Å². The van der Waals surface area contributed by atoms with Gasteiger partial charge < -0.3 is 4.90 Å². The van der Waals surface area contributed by atoms with Crippen LogP contribution in [-0.2, 0) is 4.87 Å². The summed E-state index contributed by atoms with van der Waals surface area (Å²) in [6, 6.07) is 20.5. The number of halogens is 1. The van der Waals surface area contributed by atoms with E-state index < -0.39 is 4.87 Å². The maximum absolute atomic E-state index is 13.1. The first-order valence-electron chi connectivity index (χ1n) is 8.46. The van der Waals surface area contributed by atoms with E-state index in [1.54, 1.807) is 0 Å². The number of hydrogen-bond acceptors (Lipinski definition) is 2. The SMILES string of the molecule is O=C1c2ccc(Cl)cc2C2(c3cccc4ccccc34)SCCCN12. The fourth-order valence-electron chi connectivity index (χ4n) is 4.16. The van der Waals surface area contributed by atoms with E-state index >= 15 is 0 Å². The van der Waals surface area contributed by atoms with Crippen LogP contribution in [0.2, 0.25) is 5.02 Å². The van der Waals surface area contributed by atoms with E-state index in [-0.39, 0.29) is 5.91 Å². The minimum absolute atomic E-state index is 0.117. The minimum Gasteiger partial charge on any atom is -0.316 e. The Balaban J connectivity index is 1.88. The van der Waals surface area contributed by atoms with Crippen LogP contribution in [0.4, 0.5) is 0 Å². The highest BCUT2D eigenvalue weighted by Gasteiger charge is 2.53. The topological polar surface area (TPSA) is 20.3 Å². The summed E-state index contributed by atoms with van der Waals surface area (Å²) in [6.07, 6.45) is 1.02. The molecule has 0 spiro atoms. The molecule has 0 aliphatic carbocycles. The molecule has 1 amide bonds. The van der Waals surface area contributed by atoms with E-state index in [1.807, 2.05) is 34.9 Å². The summed E-state index contributed by atoms with van der Waals surface area (Å²) in [5.74, 6) is 1.14. The van der Waals surface area contributed by atoms with Crippen molar-refractivity contribution in [2.45, 2.75) is 11.3 Å². The van der Waals surface area contributed by atoms with Crippen molar-refractivity contribution in [1.82, 2.24) is 4.90 Å². The first-order valence-corrected chi connectivity index (χ1v) is 9.82. The number of hydrogen-bond donors (Lipinski definition) is 0. The molecule has 2 heterocycles. The Morgan fingerprint density at radius 3 is 2.76 bits per heavy atom.